The van der Waals surface area contributed by atoms with Crippen molar-refractivity contribution in [2.24, 2.45) is 0 Å². The maximum atomic E-state index is 14.1. The summed E-state index contributed by atoms with van der Waals surface area (Å²) >= 11 is 6.15. The minimum Gasteiger partial charge on any atom is -0.489 e. The maximum Gasteiger partial charge on any atom is 0.215 e. The first kappa shape index (κ1) is 22.9. The van der Waals surface area contributed by atoms with Crippen molar-refractivity contribution in [2.75, 3.05) is 0 Å². The van der Waals surface area contributed by atoms with E-state index < -0.39 is 11.5 Å². The minimum absolute atomic E-state index is 0.115. The highest BCUT2D eigenvalue weighted by molar-refractivity contribution is 6.30. The second kappa shape index (κ2) is 9.77. The summed E-state index contributed by atoms with van der Waals surface area (Å²) in [6.45, 7) is 0.397. The van der Waals surface area contributed by atoms with Gasteiger partial charge in [0.15, 0.2) is 0 Å². The Hall–Kier alpha value is -3.89. The Labute approximate surface area is 209 Å². The molecule has 0 spiro atoms. The number of ether oxygens (including phenoxy) is 2. The van der Waals surface area contributed by atoms with E-state index in [2.05, 4.69) is 0 Å². The van der Waals surface area contributed by atoms with Crippen molar-refractivity contribution in [1.29, 1.82) is 0 Å². The fourth-order valence-corrected chi connectivity index (χ4v) is 4.79. The summed E-state index contributed by atoms with van der Waals surface area (Å²) in [6, 6.07) is 31.7. The van der Waals surface area contributed by atoms with Gasteiger partial charge in [0.25, 0.3) is 0 Å². The van der Waals surface area contributed by atoms with Crippen LogP contribution in [0.2, 0.25) is 5.02 Å². The lowest BCUT2D eigenvalue weighted by Crippen LogP contribution is -2.43. The molecule has 4 nitrogen and oxygen atoms in total. The number of rotatable bonds is 8. The number of ketones is 1. The SMILES string of the molecule is O=CC[C@@H](c1ccccc1)[C@]1(c2ccc(Cl)cc2)Oc2cc(OCc3ccccc3)ccc2C1=O. The normalized spacial score (nSPS) is 17.3. The van der Waals surface area contributed by atoms with Crippen LogP contribution in [0, 0.1) is 0 Å². The third-order valence-electron chi connectivity index (χ3n) is 6.35. The molecule has 1 heterocycles. The van der Waals surface area contributed by atoms with E-state index in [1.54, 1.807) is 42.5 Å². The molecule has 0 bridgehead atoms. The average Bonchev–Trinajstić information content (AvgIpc) is 3.19. The summed E-state index contributed by atoms with van der Waals surface area (Å²) in [5, 5.41) is 0.551. The van der Waals surface area contributed by atoms with Gasteiger partial charge in [-0.15, -0.1) is 0 Å². The van der Waals surface area contributed by atoms with Crippen molar-refractivity contribution in [3.8, 4) is 11.5 Å². The number of hydrogen-bond donors (Lipinski definition) is 0. The van der Waals surface area contributed by atoms with Gasteiger partial charge < -0.3 is 14.3 Å². The molecule has 0 radical (unpaired) electrons. The van der Waals surface area contributed by atoms with E-state index in [1.165, 1.54) is 0 Å². The molecule has 0 unspecified atom stereocenters. The quantitative estimate of drug-likeness (QED) is 0.260. The minimum atomic E-state index is -1.41. The van der Waals surface area contributed by atoms with Crippen LogP contribution in [-0.2, 0) is 17.0 Å². The van der Waals surface area contributed by atoms with Crippen LogP contribution in [0.15, 0.2) is 103 Å². The molecule has 0 fully saturated rings. The number of carbonyl (C=O) groups excluding carboxylic acids is 2. The number of Topliss-reactive ketones (excluding diaryl/α,β-unsaturated/α-hetero) is 1. The van der Waals surface area contributed by atoms with E-state index in [9.17, 15) is 9.59 Å². The molecule has 174 valence electrons. The zero-order chi connectivity index (χ0) is 24.3. The van der Waals surface area contributed by atoms with Crippen molar-refractivity contribution in [1.82, 2.24) is 0 Å². The number of carbonyl (C=O) groups is 2. The molecule has 0 N–H and O–H groups in total. The van der Waals surface area contributed by atoms with Crippen molar-refractivity contribution in [3.63, 3.8) is 0 Å². The summed E-state index contributed by atoms with van der Waals surface area (Å²) in [6.07, 6.45) is 0.951. The first-order chi connectivity index (χ1) is 17.1. The molecule has 1 aliphatic rings. The Morgan fingerprint density at radius 1 is 0.886 bits per heavy atom. The summed E-state index contributed by atoms with van der Waals surface area (Å²) in [4.78, 5) is 25.9. The molecule has 2 atom stereocenters. The highest BCUT2D eigenvalue weighted by atomic mass is 35.5. The third-order valence-corrected chi connectivity index (χ3v) is 6.60. The number of halogens is 1. The lowest BCUT2D eigenvalue weighted by atomic mass is 9.72. The molecule has 1 aliphatic heterocycles. The Morgan fingerprint density at radius 3 is 2.26 bits per heavy atom. The largest absolute Gasteiger partial charge is 0.489 e. The van der Waals surface area contributed by atoms with Gasteiger partial charge >= 0.3 is 0 Å². The van der Waals surface area contributed by atoms with Gasteiger partial charge in [-0.05, 0) is 35.4 Å². The van der Waals surface area contributed by atoms with E-state index in [-0.39, 0.29) is 12.2 Å². The van der Waals surface area contributed by atoms with E-state index >= 15 is 0 Å². The molecule has 0 amide bonds. The number of hydrogen-bond acceptors (Lipinski definition) is 4. The molecule has 5 rings (SSSR count). The lowest BCUT2D eigenvalue weighted by molar-refractivity contribution is -0.109. The van der Waals surface area contributed by atoms with E-state index in [0.717, 1.165) is 17.4 Å². The Morgan fingerprint density at radius 2 is 1.57 bits per heavy atom. The van der Waals surface area contributed by atoms with Gasteiger partial charge in [-0.3, -0.25) is 4.79 Å². The standard InChI is InChI=1S/C30H23ClO4/c31-24-13-11-23(12-14-24)30(27(17-18-32)22-9-5-2-6-10-22)29(33)26-16-15-25(19-28(26)35-30)34-20-21-7-3-1-4-8-21/h1-16,18-19,27H,17,20H2/t27-,30-/m0/s1. The molecule has 5 heteroatoms. The second-order valence-corrected chi connectivity index (χ2v) is 8.91. The van der Waals surface area contributed by atoms with Crippen LogP contribution < -0.4 is 9.47 Å². The molecule has 4 aromatic carbocycles. The second-order valence-electron chi connectivity index (χ2n) is 8.47. The first-order valence-electron chi connectivity index (χ1n) is 11.4. The van der Waals surface area contributed by atoms with Crippen LogP contribution in [0.25, 0.3) is 0 Å². The maximum absolute atomic E-state index is 14.1. The molecular formula is C30H23ClO4. The third kappa shape index (κ3) is 4.33. The fourth-order valence-electron chi connectivity index (χ4n) is 4.66. The van der Waals surface area contributed by atoms with Gasteiger partial charge in [0.2, 0.25) is 11.4 Å². The van der Waals surface area contributed by atoms with Crippen molar-refractivity contribution < 1.29 is 19.1 Å². The first-order valence-corrected chi connectivity index (χ1v) is 11.8. The van der Waals surface area contributed by atoms with Gasteiger partial charge in [-0.25, -0.2) is 0 Å². The van der Waals surface area contributed by atoms with Gasteiger partial charge in [0, 0.05) is 29.0 Å². The average molecular weight is 483 g/mol. The van der Waals surface area contributed by atoms with Crippen molar-refractivity contribution in [3.05, 3.63) is 130 Å². The van der Waals surface area contributed by atoms with E-state index in [4.69, 9.17) is 21.1 Å². The number of benzene rings is 4. The van der Waals surface area contributed by atoms with Crippen LogP contribution in [0.4, 0.5) is 0 Å². The van der Waals surface area contributed by atoms with Crippen LogP contribution in [0.5, 0.6) is 11.5 Å². The Kier molecular flexibility index (Phi) is 6.39. The van der Waals surface area contributed by atoms with Gasteiger partial charge in [-0.1, -0.05) is 84.4 Å². The van der Waals surface area contributed by atoms with Crippen LogP contribution in [0.3, 0.4) is 0 Å². The van der Waals surface area contributed by atoms with Gasteiger partial charge in [-0.2, -0.15) is 0 Å². The molecular weight excluding hydrogens is 460 g/mol. The molecule has 0 aromatic heterocycles. The Bertz CT molecular complexity index is 1340. The summed E-state index contributed by atoms with van der Waals surface area (Å²) in [5.74, 6) is 0.303. The highest BCUT2D eigenvalue weighted by Gasteiger charge is 2.55. The van der Waals surface area contributed by atoms with Crippen molar-refractivity contribution >= 4 is 23.7 Å². The van der Waals surface area contributed by atoms with Crippen LogP contribution in [0.1, 0.15) is 39.4 Å². The van der Waals surface area contributed by atoms with E-state index in [1.807, 2.05) is 60.7 Å². The predicted molar refractivity (Wildman–Crippen MR) is 135 cm³/mol. The molecule has 0 saturated carbocycles. The molecule has 35 heavy (non-hydrogen) atoms. The Balaban J connectivity index is 1.56. The molecule has 0 saturated heterocycles. The molecule has 4 aromatic rings. The fraction of sp³-hybridized carbons (Fsp3) is 0.133. The summed E-state index contributed by atoms with van der Waals surface area (Å²) < 4.78 is 12.5. The monoisotopic (exact) mass is 482 g/mol. The lowest BCUT2D eigenvalue weighted by Gasteiger charge is -2.35. The molecule has 0 aliphatic carbocycles. The van der Waals surface area contributed by atoms with Gasteiger partial charge in [0.1, 0.15) is 24.4 Å². The summed E-state index contributed by atoms with van der Waals surface area (Å²) in [5.41, 5.74) is 1.57. The predicted octanol–water partition coefficient (Wildman–Crippen LogP) is 6.76. The number of fused-ring (bicyclic) bond motifs is 1. The van der Waals surface area contributed by atoms with E-state index in [0.29, 0.717) is 34.3 Å². The van der Waals surface area contributed by atoms with Crippen LogP contribution in [-0.4, -0.2) is 12.1 Å². The smallest absolute Gasteiger partial charge is 0.215 e. The summed E-state index contributed by atoms with van der Waals surface area (Å²) in [7, 11) is 0. The van der Waals surface area contributed by atoms with Gasteiger partial charge in [0.05, 0.1) is 5.56 Å². The zero-order valence-corrected chi connectivity index (χ0v) is 19.7. The number of aldehydes is 1. The topological polar surface area (TPSA) is 52.6 Å². The van der Waals surface area contributed by atoms with Crippen molar-refractivity contribution in [2.45, 2.75) is 24.5 Å². The van der Waals surface area contributed by atoms with Crippen LogP contribution >= 0.6 is 11.6 Å². The zero-order valence-electron chi connectivity index (χ0n) is 18.9. The highest BCUT2D eigenvalue weighted by Crippen LogP contribution is 2.51.